The highest BCUT2D eigenvalue weighted by Gasteiger charge is 2.27. The molecule has 0 unspecified atom stereocenters. The van der Waals surface area contributed by atoms with Gasteiger partial charge >= 0.3 is 5.97 Å². The van der Waals surface area contributed by atoms with Crippen molar-refractivity contribution in [2.45, 2.75) is 6.10 Å². The fraction of sp³-hybridized carbons (Fsp3) is 0.100. The summed E-state index contributed by atoms with van der Waals surface area (Å²) in [6.07, 6.45) is 0.781. The Balaban J connectivity index is 1.93. The molecule has 1 heterocycles. The van der Waals surface area contributed by atoms with Crippen LogP contribution in [0.4, 0.5) is 0 Å². The van der Waals surface area contributed by atoms with Crippen LogP contribution in [0.3, 0.4) is 0 Å². The molecule has 24 heavy (non-hydrogen) atoms. The third-order valence-corrected chi connectivity index (χ3v) is 3.78. The molecule has 0 fully saturated rings. The van der Waals surface area contributed by atoms with Crippen molar-refractivity contribution < 1.29 is 14.3 Å². The first-order chi connectivity index (χ1) is 11.7. The molecule has 0 radical (unpaired) electrons. The Labute approximate surface area is 140 Å². The van der Waals surface area contributed by atoms with Gasteiger partial charge in [-0.2, -0.15) is 0 Å². The number of hydrogen-bond donors (Lipinski definition) is 0. The lowest BCUT2D eigenvalue weighted by atomic mass is 10.00. The zero-order valence-electron chi connectivity index (χ0n) is 13.3. The summed E-state index contributed by atoms with van der Waals surface area (Å²) < 4.78 is 7.23. The van der Waals surface area contributed by atoms with E-state index in [9.17, 15) is 9.59 Å². The minimum Gasteiger partial charge on any atom is -0.444 e. The molecule has 0 bridgehead atoms. The molecule has 0 spiro atoms. The van der Waals surface area contributed by atoms with Crippen molar-refractivity contribution in [3.8, 4) is 0 Å². The maximum Gasteiger partial charge on any atom is 0.356 e. The smallest absolute Gasteiger partial charge is 0.356 e. The van der Waals surface area contributed by atoms with Gasteiger partial charge in [-0.05, 0) is 12.1 Å². The zero-order chi connectivity index (χ0) is 16.9. The van der Waals surface area contributed by atoms with Gasteiger partial charge in [0.05, 0.1) is 0 Å². The Kier molecular flexibility index (Phi) is 4.57. The number of nitrogens with zero attached hydrogens (tertiary/aromatic N) is 1. The molecular weight excluding hydrogens is 302 g/mol. The number of carbonyl (C=O) groups excluding carboxylic acids is 2. The molecule has 2 aromatic carbocycles. The molecule has 0 aliphatic heterocycles. The van der Waals surface area contributed by atoms with Crippen LogP contribution >= 0.6 is 0 Å². The molecule has 0 N–H and O–H groups in total. The van der Waals surface area contributed by atoms with Crippen LogP contribution in [0.15, 0.2) is 79.0 Å². The molecule has 4 nitrogen and oxygen atoms in total. The van der Waals surface area contributed by atoms with Gasteiger partial charge in [-0.25, -0.2) is 4.79 Å². The summed E-state index contributed by atoms with van der Waals surface area (Å²) in [5.74, 6) is -0.773. The minimum atomic E-state index is -0.976. The Morgan fingerprint density at radius 1 is 0.875 bits per heavy atom. The molecule has 3 rings (SSSR count). The second kappa shape index (κ2) is 6.96. The summed E-state index contributed by atoms with van der Waals surface area (Å²) in [6, 6.07) is 21.3. The predicted molar refractivity (Wildman–Crippen MR) is 90.8 cm³/mol. The van der Waals surface area contributed by atoms with Crippen molar-refractivity contribution in [1.82, 2.24) is 4.57 Å². The van der Waals surface area contributed by atoms with E-state index in [1.807, 2.05) is 24.3 Å². The summed E-state index contributed by atoms with van der Waals surface area (Å²) in [4.78, 5) is 25.3. The van der Waals surface area contributed by atoms with Crippen molar-refractivity contribution in [3.05, 3.63) is 95.8 Å². The molecule has 3 aromatic rings. The first-order valence-electron chi connectivity index (χ1n) is 7.63. The molecule has 1 aromatic heterocycles. The highest BCUT2D eigenvalue weighted by atomic mass is 16.5. The normalized spacial score (nSPS) is 11.7. The van der Waals surface area contributed by atoms with E-state index in [-0.39, 0.29) is 5.78 Å². The van der Waals surface area contributed by atoms with Crippen LogP contribution in [0.5, 0.6) is 0 Å². The van der Waals surface area contributed by atoms with Crippen LogP contribution in [-0.4, -0.2) is 16.3 Å². The molecule has 4 heteroatoms. The monoisotopic (exact) mass is 319 g/mol. The molecule has 0 saturated heterocycles. The Hall–Kier alpha value is -3.14. The predicted octanol–water partition coefficient (Wildman–Crippen LogP) is 3.81. The average molecular weight is 319 g/mol. The number of carbonyl (C=O) groups is 2. The Bertz CT molecular complexity index is 838. The fourth-order valence-corrected chi connectivity index (χ4v) is 2.50. The summed E-state index contributed by atoms with van der Waals surface area (Å²) in [6.45, 7) is 0. The number of Topliss-reactive ketones (excluding diaryl/α,β-unsaturated/α-hetero) is 1. The third-order valence-electron chi connectivity index (χ3n) is 3.78. The quantitative estimate of drug-likeness (QED) is 0.531. The van der Waals surface area contributed by atoms with Gasteiger partial charge in [0.2, 0.25) is 5.78 Å². The third kappa shape index (κ3) is 3.27. The van der Waals surface area contributed by atoms with Gasteiger partial charge in [0, 0.05) is 24.4 Å². The van der Waals surface area contributed by atoms with Crippen molar-refractivity contribution in [3.63, 3.8) is 0 Å². The molecule has 120 valence electrons. The number of hydrogen-bond acceptors (Lipinski definition) is 3. The number of aryl methyl sites for hydroxylation is 1. The van der Waals surface area contributed by atoms with E-state index in [0.29, 0.717) is 16.8 Å². The van der Waals surface area contributed by atoms with E-state index in [2.05, 4.69) is 0 Å². The molecular formula is C20H17NO3. The van der Waals surface area contributed by atoms with Crippen LogP contribution in [0.25, 0.3) is 0 Å². The molecule has 0 saturated carbocycles. The van der Waals surface area contributed by atoms with Crippen molar-refractivity contribution in [2.24, 2.45) is 7.05 Å². The summed E-state index contributed by atoms with van der Waals surface area (Å²) >= 11 is 0. The van der Waals surface area contributed by atoms with Crippen LogP contribution in [0.1, 0.15) is 32.5 Å². The first-order valence-corrected chi connectivity index (χ1v) is 7.63. The Morgan fingerprint density at radius 2 is 1.50 bits per heavy atom. The summed E-state index contributed by atoms with van der Waals surface area (Å²) in [7, 11) is 1.76. The first kappa shape index (κ1) is 15.7. The van der Waals surface area contributed by atoms with Crippen LogP contribution in [0.2, 0.25) is 0 Å². The zero-order valence-corrected chi connectivity index (χ0v) is 13.3. The van der Waals surface area contributed by atoms with Gasteiger partial charge in [-0.1, -0.05) is 60.7 Å². The number of ether oxygens (including phenoxy) is 1. The molecule has 0 amide bonds. The van der Waals surface area contributed by atoms with Crippen LogP contribution in [0, 0.1) is 0 Å². The SMILES string of the molecule is Cn1cccc1C(=O)O[C@H](C(=O)c1ccccc1)c1ccccc1. The molecule has 0 aliphatic rings. The maximum absolute atomic E-state index is 12.9. The molecule has 1 atom stereocenters. The van der Waals surface area contributed by atoms with Crippen LogP contribution in [-0.2, 0) is 11.8 Å². The summed E-state index contributed by atoms with van der Waals surface area (Å²) in [5, 5.41) is 0. The highest BCUT2D eigenvalue weighted by Crippen LogP contribution is 2.24. The second-order valence-electron chi connectivity index (χ2n) is 5.43. The van der Waals surface area contributed by atoms with Gasteiger partial charge in [-0.3, -0.25) is 4.79 Å². The van der Waals surface area contributed by atoms with Gasteiger partial charge in [0.15, 0.2) is 6.10 Å². The van der Waals surface area contributed by atoms with Crippen molar-refractivity contribution >= 4 is 11.8 Å². The highest BCUT2D eigenvalue weighted by molar-refractivity contribution is 6.02. The van der Waals surface area contributed by atoms with Crippen LogP contribution < -0.4 is 0 Å². The number of rotatable bonds is 5. The number of benzene rings is 2. The number of aromatic nitrogens is 1. The van der Waals surface area contributed by atoms with Gasteiger partial charge in [0.25, 0.3) is 0 Å². The largest absolute Gasteiger partial charge is 0.444 e. The average Bonchev–Trinajstić information content (AvgIpc) is 3.06. The second-order valence-corrected chi connectivity index (χ2v) is 5.43. The summed E-state index contributed by atoms with van der Waals surface area (Å²) in [5.41, 5.74) is 1.55. The standard InChI is InChI=1S/C20H17NO3/c1-21-14-8-13-17(21)20(23)24-19(16-11-6-3-7-12-16)18(22)15-9-4-2-5-10-15/h2-14,19H,1H3/t19-/m0/s1. The van der Waals surface area contributed by atoms with E-state index >= 15 is 0 Å². The van der Waals surface area contributed by atoms with E-state index in [4.69, 9.17) is 4.74 Å². The van der Waals surface area contributed by atoms with E-state index in [0.717, 1.165) is 0 Å². The van der Waals surface area contributed by atoms with Gasteiger partial charge in [-0.15, -0.1) is 0 Å². The minimum absolute atomic E-state index is 0.246. The molecule has 0 aliphatic carbocycles. The van der Waals surface area contributed by atoms with Crippen molar-refractivity contribution in [1.29, 1.82) is 0 Å². The Morgan fingerprint density at radius 3 is 2.08 bits per heavy atom. The van der Waals surface area contributed by atoms with Crippen molar-refractivity contribution in [2.75, 3.05) is 0 Å². The maximum atomic E-state index is 12.9. The van der Waals surface area contributed by atoms with E-state index < -0.39 is 12.1 Å². The number of ketones is 1. The van der Waals surface area contributed by atoms with E-state index in [1.165, 1.54) is 0 Å². The lowest BCUT2D eigenvalue weighted by Crippen LogP contribution is -2.21. The lowest BCUT2D eigenvalue weighted by molar-refractivity contribution is 0.0271. The number of esters is 1. The van der Waals surface area contributed by atoms with Gasteiger partial charge < -0.3 is 9.30 Å². The topological polar surface area (TPSA) is 48.3 Å². The lowest BCUT2D eigenvalue weighted by Gasteiger charge is -2.17. The van der Waals surface area contributed by atoms with E-state index in [1.54, 1.807) is 66.3 Å². The fourth-order valence-electron chi connectivity index (χ4n) is 2.50. The van der Waals surface area contributed by atoms with Gasteiger partial charge in [0.1, 0.15) is 5.69 Å².